The van der Waals surface area contributed by atoms with E-state index in [-0.39, 0.29) is 17.2 Å². The largest absolute Gasteiger partial charge is 0.383 e. The average Bonchev–Trinajstić information content (AvgIpc) is 2.47. The summed E-state index contributed by atoms with van der Waals surface area (Å²) in [5.74, 6) is -0.0838. The van der Waals surface area contributed by atoms with Gasteiger partial charge in [-0.15, -0.1) is 11.8 Å². The van der Waals surface area contributed by atoms with E-state index >= 15 is 0 Å². The van der Waals surface area contributed by atoms with E-state index in [0.717, 1.165) is 0 Å². The number of aromatic nitrogens is 1. The Bertz CT molecular complexity index is 708. The molecule has 0 bridgehead atoms. The number of thioether (sulfide) groups is 1. The highest BCUT2D eigenvalue weighted by Crippen LogP contribution is 2.25. The first-order valence-corrected chi connectivity index (χ1v) is 7.22. The number of halogens is 1. The minimum absolute atomic E-state index is 0.129. The predicted molar refractivity (Wildman–Crippen MR) is 80.0 cm³/mol. The topological polar surface area (TPSA) is 79.8 Å². The summed E-state index contributed by atoms with van der Waals surface area (Å²) in [5.41, 5.74) is 6.71. The van der Waals surface area contributed by atoms with Crippen LogP contribution in [-0.2, 0) is 0 Å². The summed E-state index contributed by atoms with van der Waals surface area (Å²) in [7, 11) is 0. The molecule has 0 spiro atoms. The lowest BCUT2D eigenvalue weighted by molar-refractivity contribution is 0.103. The third kappa shape index (κ3) is 2.77. The summed E-state index contributed by atoms with van der Waals surface area (Å²) in [5, 5.41) is 10.0. The first-order chi connectivity index (χ1) is 9.56. The summed E-state index contributed by atoms with van der Waals surface area (Å²) in [6, 6.07) is 9.97. The zero-order chi connectivity index (χ0) is 14.7. The number of anilines is 1. The zero-order valence-corrected chi connectivity index (χ0v) is 12.1. The second-order valence-electron chi connectivity index (χ2n) is 3.93. The van der Waals surface area contributed by atoms with Gasteiger partial charge in [0, 0.05) is 10.6 Å². The molecular weight excluding hydrogens is 294 g/mol. The molecule has 0 unspecified atom stereocenters. The van der Waals surface area contributed by atoms with Gasteiger partial charge in [0.2, 0.25) is 0 Å². The molecule has 0 fully saturated rings. The van der Waals surface area contributed by atoms with Gasteiger partial charge in [-0.05, 0) is 36.6 Å². The van der Waals surface area contributed by atoms with Gasteiger partial charge in [-0.25, -0.2) is 4.98 Å². The fourth-order valence-electron chi connectivity index (χ4n) is 1.67. The fraction of sp³-hybridized carbons (Fsp3) is 0.0714. The number of nitrogens with two attached hydrogens (primary N) is 1. The Kier molecular flexibility index (Phi) is 4.28. The molecule has 2 rings (SSSR count). The second-order valence-corrected chi connectivity index (χ2v) is 5.16. The molecule has 100 valence electrons. The average molecular weight is 304 g/mol. The number of nitriles is 1. The van der Waals surface area contributed by atoms with Crippen molar-refractivity contribution < 1.29 is 4.79 Å². The Morgan fingerprint density at radius 2 is 2.05 bits per heavy atom. The van der Waals surface area contributed by atoms with E-state index in [2.05, 4.69) is 4.98 Å². The van der Waals surface area contributed by atoms with Gasteiger partial charge in [0.25, 0.3) is 0 Å². The minimum Gasteiger partial charge on any atom is -0.383 e. The van der Waals surface area contributed by atoms with Crippen LogP contribution in [0, 0.1) is 11.3 Å². The van der Waals surface area contributed by atoms with Crippen LogP contribution in [0.2, 0.25) is 5.02 Å². The van der Waals surface area contributed by atoms with Gasteiger partial charge in [0.15, 0.2) is 5.78 Å². The van der Waals surface area contributed by atoms with Crippen LogP contribution < -0.4 is 5.73 Å². The number of carbonyl (C=O) groups excluding carboxylic acids is 1. The molecule has 1 aromatic heterocycles. The van der Waals surface area contributed by atoms with E-state index in [1.54, 1.807) is 30.5 Å². The summed E-state index contributed by atoms with van der Waals surface area (Å²) in [4.78, 5) is 16.6. The van der Waals surface area contributed by atoms with Crippen LogP contribution in [0.4, 0.5) is 5.82 Å². The highest BCUT2D eigenvalue weighted by atomic mass is 35.5. The van der Waals surface area contributed by atoms with Crippen LogP contribution in [-0.4, -0.2) is 17.0 Å². The van der Waals surface area contributed by atoms with Gasteiger partial charge in [-0.3, -0.25) is 4.79 Å². The second kappa shape index (κ2) is 5.95. The normalized spacial score (nSPS) is 10.1. The van der Waals surface area contributed by atoms with Gasteiger partial charge in [0.05, 0.1) is 11.1 Å². The lowest BCUT2D eigenvalue weighted by Crippen LogP contribution is -2.07. The molecule has 1 aromatic carbocycles. The van der Waals surface area contributed by atoms with Crippen LogP contribution >= 0.6 is 23.4 Å². The summed E-state index contributed by atoms with van der Waals surface area (Å²) < 4.78 is 0. The maximum atomic E-state index is 12.5. The number of hydrogen-bond donors (Lipinski definition) is 1. The smallest absolute Gasteiger partial charge is 0.195 e. The van der Waals surface area contributed by atoms with Crippen molar-refractivity contribution in [3.05, 3.63) is 52.0 Å². The highest BCUT2D eigenvalue weighted by Gasteiger charge is 2.17. The van der Waals surface area contributed by atoms with Crippen molar-refractivity contribution >= 4 is 35.0 Å². The Labute approximate surface area is 125 Å². The van der Waals surface area contributed by atoms with E-state index < -0.39 is 0 Å². The Balaban J connectivity index is 2.54. The molecule has 0 atom stereocenters. The number of ketones is 1. The van der Waals surface area contributed by atoms with Gasteiger partial charge >= 0.3 is 0 Å². The molecule has 0 saturated carbocycles. The molecule has 2 N–H and O–H groups in total. The van der Waals surface area contributed by atoms with Gasteiger partial charge in [0.1, 0.15) is 16.9 Å². The number of nitrogen functional groups attached to an aromatic ring is 1. The van der Waals surface area contributed by atoms with Gasteiger partial charge in [-0.1, -0.05) is 11.6 Å². The van der Waals surface area contributed by atoms with Crippen molar-refractivity contribution in [2.75, 3.05) is 12.0 Å². The zero-order valence-electron chi connectivity index (χ0n) is 10.6. The Morgan fingerprint density at radius 3 is 2.60 bits per heavy atom. The summed E-state index contributed by atoms with van der Waals surface area (Å²) in [6.07, 6.45) is 1.80. The minimum atomic E-state index is -0.213. The number of hydrogen-bond acceptors (Lipinski definition) is 5. The van der Waals surface area contributed by atoms with Crippen LogP contribution in [0.3, 0.4) is 0 Å². The summed E-state index contributed by atoms with van der Waals surface area (Å²) >= 11 is 7.11. The standard InChI is InChI=1S/C14H10ClN3OS/c1-20-14-11(6-9(7-16)13(17)18-14)12(19)8-2-4-10(15)5-3-8/h2-6H,1H3,(H2,17,18). The first-order valence-electron chi connectivity index (χ1n) is 5.61. The van der Waals surface area contributed by atoms with Crippen LogP contribution in [0.25, 0.3) is 0 Å². The van der Waals surface area contributed by atoms with Crippen LogP contribution in [0.1, 0.15) is 21.5 Å². The number of benzene rings is 1. The SMILES string of the molecule is CSc1nc(N)c(C#N)cc1C(=O)c1ccc(Cl)cc1. The summed E-state index contributed by atoms with van der Waals surface area (Å²) in [6.45, 7) is 0. The van der Waals surface area contributed by atoms with E-state index in [1.807, 2.05) is 6.07 Å². The van der Waals surface area contributed by atoms with Crippen LogP contribution in [0.15, 0.2) is 35.4 Å². The maximum absolute atomic E-state index is 12.5. The van der Waals surface area contributed by atoms with E-state index in [1.165, 1.54) is 17.8 Å². The quantitative estimate of drug-likeness (QED) is 0.696. The van der Waals surface area contributed by atoms with Crippen molar-refractivity contribution in [3.63, 3.8) is 0 Å². The van der Waals surface area contributed by atoms with E-state index in [4.69, 9.17) is 22.6 Å². The highest BCUT2D eigenvalue weighted by molar-refractivity contribution is 7.98. The third-order valence-corrected chi connectivity index (χ3v) is 3.63. The maximum Gasteiger partial charge on any atom is 0.195 e. The van der Waals surface area contributed by atoms with Crippen molar-refractivity contribution in [1.29, 1.82) is 5.26 Å². The molecule has 20 heavy (non-hydrogen) atoms. The molecular formula is C14H10ClN3OS. The Hall–Kier alpha value is -2.03. The molecule has 0 radical (unpaired) electrons. The lowest BCUT2D eigenvalue weighted by Gasteiger charge is -2.08. The molecule has 6 heteroatoms. The molecule has 1 heterocycles. The van der Waals surface area contributed by atoms with E-state index in [0.29, 0.717) is 21.2 Å². The van der Waals surface area contributed by atoms with Crippen molar-refractivity contribution in [1.82, 2.24) is 4.98 Å². The Morgan fingerprint density at radius 1 is 1.40 bits per heavy atom. The molecule has 0 aliphatic heterocycles. The van der Waals surface area contributed by atoms with Gasteiger partial charge < -0.3 is 5.73 Å². The predicted octanol–water partition coefficient (Wildman–Crippen LogP) is 3.14. The van der Waals surface area contributed by atoms with Gasteiger partial charge in [-0.2, -0.15) is 5.26 Å². The number of carbonyl (C=O) groups is 1. The lowest BCUT2D eigenvalue weighted by atomic mass is 10.0. The molecule has 2 aromatic rings. The number of pyridine rings is 1. The van der Waals surface area contributed by atoms with E-state index in [9.17, 15) is 4.79 Å². The molecule has 0 saturated heterocycles. The van der Waals surface area contributed by atoms with Crippen molar-refractivity contribution in [2.24, 2.45) is 0 Å². The molecule has 0 amide bonds. The van der Waals surface area contributed by atoms with Crippen molar-refractivity contribution in [2.45, 2.75) is 5.03 Å². The number of nitrogens with zero attached hydrogens (tertiary/aromatic N) is 2. The van der Waals surface area contributed by atoms with Crippen LogP contribution in [0.5, 0.6) is 0 Å². The number of rotatable bonds is 3. The molecule has 0 aliphatic carbocycles. The fourth-order valence-corrected chi connectivity index (χ4v) is 2.36. The molecule has 0 aliphatic rings. The third-order valence-electron chi connectivity index (χ3n) is 2.68. The molecule has 4 nitrogen and oxygen atoms in total. The monoisotopic (exact) mass is 303 g/mol. The van der Waals surface area contributed by atoms with Crippen molar-refractivity contribution in [3.8, 4) is 6.07 Å². The first kappa shape index (κ1) is 14.4.